The molecular weight excluding hydrogens is 708 g/mol. The van der Waals surface area contributed by atoms with Crippen LogP contribution in [-0.4, -0.2) is 104 Å². The van der Waals surface area contributed by atoms with E-state index >= 15 is 0 Å². The molecule has 0 bridgehead atoms. The number of ether oxygens (including phenoxy) is 4. The maximum absolute atomic E-state index is 13.6. The van der Waals surface area contributed by atoms with E-state index < -0.39 is 79.0 Å². The first-order valence-corrected chi connectivity index (χ1v) is 14.3. The van der Waals surface area contributed by atoms with Crippen LogP contribution in [0.1, 0.15) is 13.8 Å². The average molecular weight is 742 g/mol. The summed E-state index contributed by atoms with van der Waals surface area (Å²) < 4.78 is 126. The van der Waals surface area contributed by atoms with E-state index in [2.05, 4.69) is 36.6 Å². The largest absolute Gasteiger partial charge is 0.429 e. The first-order chi connectivity index (χ1) is 19.5. The minimum atomic E-state index is -3.42. The molecule has 3 heterocycles. The molecule has 3 aliphatic rings. The van der Waals surface area contributed by atoms with E-state index in [-0.39, 0.29) is 19.8 Å². The number of hydrogen-bond acceptors (Lipinski definition) is 12. The predicted molar refractivity (Wildman–Crippen MR) is 151 cm³/mol. The van der Waals surface area contributed by atoms with Crippen molar-refractivity contribution >= 4 is 62.8 Å². The Hall–Kier alpha value is 1.23. The molecule has 3 rings (SSSR count). The summed E-state index contributed by atoms with van der Waals surface area (Å²) in [5.74, 6) is -10.6. The highest BCUT2D eigenvalue weighted by molar-refractivity contribution is 7.10. The molecule has 0 aromatic heterocycles. The SMILES string of the molecule is CC(=O)O[C@H]1O[C@H](COP)C(OP)C1(F)F.CC1O[C@H](COP)C(OP)C1(F)F.OC1O[C@H](COP)C(OP)C1(F)F. The Kier molecular flexibility index (Phi) is 18.2. The third-order valence-electron chi connectivity index (χ3n) is 5.81. The zero-order valence-electron chi connectivity index (χ0n) is 22.0. The zero-order chi connectivity index (χ0) is 32.5. The minimum absolute atomic E-state index is 0.0731. The molecule has 15 atom stereocenters. The van der Waals surface area contributed by atoms with Crippen molar-refractivity contribution in [2.45, 2.75) is 86.9 Å². The van der Waals surface area contributed by atoms with Gasteiger partial charge in [-0.3, -0.25) is 4.79 Å². The Labute approximate surface area is 252 Å². The van der Waals surface area contributed by atoms with Crippen molar-refractivity contribution in [1.29, 1.82) is 0 Å². The van der Waals surface area contributed by atoms with E-state index in [1.807, 2.05) is 37.9 Å². The number of carbonyl (C=O) groups excluding carboxylic acids is 1. The van der Waals surface area contributed by atoms with Crippen molar-refractivity contribution in [3.63, 3.8) is 0 Å². The van der Waals surface area contributed by atoms with Gasteiger partial charge in [0.25, 0.3) is 6.29 Å². The van der Waals surface area contributed by atoms with Crippen LogP contribution < -0.4 is 0 Å². The molecule has 0 radical (unpaired) electrons. The summed E-state index contributed by atoms with van der Waals surface area (Å²) >= 11 is 0. The number of esters is 1. The first-order valence-electron chi connectivity index (χ1n) is 11.5. The van der Waals surface area contributed by atoms with Crippen molar-refractivity contribution < 1.29 is 82.3 Å². The lowest BCUT2D eigenvalue weighted by Gasteiger charge is -2.21. The van der Waals surface area contributed by atoms with Gasteiger partial charge in [0.05, 0.1) is 19.8 Å². The summed E-state index contributed by atoms with van der Waals surface area (Å²) in [5, 5.41) is 8.83. The molecule has 3 aliphatic heterocycles. The molecule has 0 spiro atoms. The lowest BCUT2D eigenvalue weighted by molar-refractivity contribution is -0.221. The molecule has 42 heavy (non-hydrogen) atoms. The number of alkyl halides is 6. The molecule has 0 saturated carbocycles. The topological polar surface area (TPSA) is 130 Å². The number of halogens is 6. The third kappa shape index (κ3) is 10.4. The van der Waals surface area contributed by atoms with Crippen molar-refractivity contribution in [3.05, 3.63) is 0 Å². The Morgan fingerprint density at radius 1 is 0.690 bits per heavy atom. The van der Waals surface area contributed by atoms with Crippen molar-refractivity contribution in [3.8, 4) is 0 Å². The third-order valence-corrected chi connectivity index (χ3v) is 7.27. The standard InChI is InChI=1S/C7H12F2O5P2.C6H12F2O3P2.C5H10F2O4P2/c1-3(10)12-6-7(8,9)5(14-16)4(13-6)2-11-15;1-3-6(7,8)5(11-13)4(10-3)2-9-12;6-5(7)3(11-13)2(1-9-12)10-4(5)8/h4-6H,2,15-16H2,1H3;3-5H,2,12-13H2,1H3;2-4,8H,1,12-13H2/t4-,5?,6+;3?,4-,5?;2-,3?,4?/m111/s1. The summed E-state index contributed by atoms with van der Waals surface area (Å²) in [5.41, 5.74) is 0. The van der Waals surface area contributed by atoms with Gasteiger partial charge in [-0.15, -0.1) is 0 Å². The van der Waals surface area contributed by atoms with Gasteiger partial charge in [-0.25, -0.2) is 8.78 Å². The van der Waals surface area contributed by atoms with Crippen LogP contribution in [0.2, 0.25) is 0 Å². The predicted octanol–water partition coefficient (Wildman–Crippen LogP) is 2.60. The van der Waals surface area contributed by atoms with E-state index in [4.69, 9.17) is 14.6 Å². The van der Waals surface area contributed by atoms with Gasteiger partial charge in [0.1, 0.15) is 24.4 Å². The molecule has 250 valence electrons. The highest BCUT2D eigenvalue weighted by Crippen LogP contribution is 2.41. The van der Waals surface area contributed by atoms with Crippen molar-refractivity contribution in [2.75, 3.05) is 19.8 Å². The van der Waals surface area contributed by atoms with Crippen LogP contribution in [0.3, 0.4) is 0 Å². The van der Waals surface area contributed by atoms with E-state index in [1.165, 1.54) is 6.92 Å². The number of rotatable bonds is 10. The summed E-state index contributed by atoms with van der Waals surface area (Å²) in [6.45, 7) is 2.21. The van der Waals surface area contributed by atoms with Gasteiger partial charge in [0.2, 0.25) is 6.29 Å². The Morgan fingerprint density at radius 2 is 1.07 bits per heavy atom. The fourth-order valence-electron chi connectivity index (χ4n) is 3.78. The molecule has 3 saturated heterocycles. The highest BCUT2D eigenvalue weighted by Gasteiger charge is 2.62. The van der Waals surface area contributed by atoms with E-state index in [0.717, 1.165) is 6.92 Å². The van der Waals surface area contributed by atoms with Gasteiger partial charge < -0.3 is 51.2 Å². The molecule has 0 aromatic carbocycles. The summed E-state index contributed by atoms with van der Waals surface area (Å²) in [7, 11) is 11.1. The lowest BCUT2D eigenvalue weighted by Crippen LogP contribution is -2.42. The average Bonchev–Trinajstić information content (AvgIpc) is 3.35. The van der Waals surface area contributed by atoms with Gasteiger partial charge in [-0.2, -0.15) is 17.6 Å². The number of aliphatic hydroxyl groups excluding tert-OH is 1. The molecule has 0 aliphatic carbocycles. The summed E-state index contributed by atoms with van der Waals surface area (Å²) in [6, 6.07) is 0. The van der Waals surface area contributed by atoms with Crippen LogP contribution in [0.15, 0.2) is 0 Å². The van der Waals surface area contributed by atoms with Gasteiger partial charge in [-0.05, 0) is 6.92 Å². The smallest absolute Gasteiger partial charge is 0.337 e. The van der Waals surface area contributed by atoms with Gasteiger partial charge in [-0.1, -0.05) is 0 Å². The van der Waals surface area contributed by atoms with Crippen LogP contribution in [0.4, 0.5) is 26.3 Å². The fraction of sp³-hybridized carbons (Fsp3) is 0.944. The molecule has 0 aromatic rings. The highest BCUT2D eigenvalue weighted by atomic mass is 31.0. The van der Waals surface area contributed by atoms with E-state index in [0.29, 0.717) is 0 Å². The van der Waals surface area contributed by atoms with Crippen LogP contribution in [0, 0.1) is 0 Å². The second-order valence-corrected chi connectivity index (χ2v) is 10.5. The molecular formula is C18H34F6O12P6. The van der Waals surface area contributed by atoms with Gasteiger partial charge in [0, 0.05) is 63.7 Å². The Balaban J connectivity index is 0.000000318. The summed E-state index contributed by atoms with van der Waals surface area (Å²) in [4.78, 5) is 10.6. The second kappa shape index (κ2) is 18.5. The van der Waals surface area contributed by atoms with Crippen LogP contribution in [0.5, 0.6) is 0 Å². The molecule has 0 amide bonds. The monoisotopic (exact) mass is 742 g/mol. The van der Waals surface area contributed by atoms with Gasteiger partial charge >= 0.3 is 23.7 Å². The quantitative estimate of drug-likeness (QED) is 0.201. The molecule has 1 N–H and O–H groups in total. The van der Waals surface area contributed by atoms with Crippen molar-refractivity contribution in [1.82, 2.24) is 0 Å². The van der Waals surface area contributed by atoms with Crippen LogP contribution >= 0.6 is 56.8 Å². The maximum Gasteiger partial charge on any atom is 0.337 e. The zero-order valence-corrected chi connectivity index (χ0v) is 28.9. The number of hydrogen-bond donors (Lipinski definition) is 1. The Morgan fingerprint density at radius 3 is 1.48 bits per heavy atom. The Bertz CT molecular complexity index is 791. The maximum atomic E-state index is 13.6. The first kappa shape index (κ1) is 41.3. The lowest BCUT2D eigenvalue weighted by atomic mass is 10.1. The molecule has 24 heteroatoms. The van der Waals surface area contributed by atoms with E-state index in [1.54, 1.807) is 18.9 Å². The number of carbonyl (C=O) groups is 1. The summed E-state index contributed by atoms with van der Waals surface area (Å²) in [6.07, 6.45) is -12.2. The minimum Gasteiger partial charge on any atom is -0.429 e. The molecule has 11 unspecified atom stereocenters. The molecule has 3 fully saturated rings. The molecule has 12 nitrogen and oxygen atoms in total. The normalized spacial score (nSPS) is 36.0. The van der Waals surface area contributed by atoms with Crippen molar-refractivity contribution in [2.24, 2.45) is 0 Å². The van der Waals surface area contributed by atoms with E-state index in [9.17, 15) is 31.1 Å². The van der Waals surface area contributed by atoms with Crippen LogP contribution in [-0.2, 0) is 50.9 Å². The number of aliphatic hydroxyl groups is 1. The fourth-order valence-corrected chi connectivity index (χ4v) is 5.42. The second-order valence-electron chi connectivity index (χ2n) is 8.65. The van der Waals surface area contributed by atoms with Crippen LogP contribution in [0.25, 0.3) is 0 Å². The van der Waals surface area contributed by atoms with Gasteiger partial charge in [0.15, 0.2) is 18.3 Å².